The number of hydrogen-bond donors (Lipinski definition) is 1. The van der Waals surface area contributed by atoms with Gasteiger partial charge in [-0.15, -0.1) is 0 Å². The number of methoxy groups -OCH3 is 1. The lowest BCUT2D eigenvalue weighted by atomic mass is 9.89. The Morgan fingerprint density at radius 2 is 1.94 bits per heavy atom. The van der Waals surface area contributed by atoms with Crippen LogP contribution in [0.1, 0.15) is 47.0 Å². The highest BCUT2D eigenvalue weighted by Crippen LogP contribution is 2.38. The number of alkyl carbamates (subject to hydrolysis) is 1. The van der Waals surface area contributed by atoms with E-state index in [0.29, 0.717) is 6.42 Å². The molecule has 0 aliphatic heterocycles. The van der Waals surface area contributed by atoms with Crippen LogP contribution in [0.3, 0.4) is 0 Å². The molecule has 1 rings (SSSR count). The van der Waals surface area contributed by atoms with Crippen LogP contribution in [0.25, 0.3) is 0 Å². The summed E-state index contributed by atoms with van der Waals surface area (Å²) >= 11 is 0. The summed E-state index contributed by atoms with van der Waals surface area (Å²) in [4.78, 5) is 23.2. The van der Waals surface area contributed by atoms with Crippen LogP contribution in [0.15, 0.2) is 0 Å². The maximum Gasteiger partial charge on any atom is 0.407 e. The first-order chi connectivity index (χ1) is 8.16. The molecule has 0 bridgehead atoms. The Kier molecular flexibility index (Phi) is 4.24. The highest BCUT2D eigenvalue weighted by molar-refractivity contribution is 5.77. The quantitative estimate of drug-likeness (QED) is 0.770. The van der Waals surface area contributed by atoms with Crippen LogP contribution >= 0.6 is 0 Å². The Labute approximate surface area is 108 Å². The van der Waals surface area contributed by atoms with Crippen LogP contribution in [0, 0.1) is 5.41 Å². The summed E-state index contributed by atoms with van der Waals surface area (Å²) in [6.07, 6.45) is 1.66. The van der Waals surface area contributed by atoms with Gasteiger partial charge in [0.2, 0.25) is 0 Å². The molecule has 1 amide bonds. The number of amides is 1. The van der Waals surface area contributed by atoms with E-state index in [-0.39, 0.29) is 12.0 Å². The van der Waals surface area contributed by atoms with Crippen molar-refractivity contribution in [2.24, 2.45) is 5.41 Å². The fourth-order valence-corrected chi connectivity index (χ4v) is 2.27. The molecule has 0 aromatic heterocycles. The molecule has 2 unspecified atom stereocenters. The molecule has 5 heteroatoms. The fraction of sp³-hybridized carbons (Fsp3) is 0.846. The van der Waals surface area contributed by atoms with E-state index in [4.69, 9.17) is 9.47 Å². The van der Waals surface area contributed by atoms with E-state index >= 15 is 0 Å². The zero-order valence-corrected chi connectivity index (χ0v) is 11.8. The minimum absolute atomic E-state index is 0.0241. The van der Waals surface area contributed by atoms with E-state index in [2.05, 4.69) is 5.32 Å². The van der Waals surface area contributed by atoms with Crippen LogP contribution in [0.4, 0.5) is 4.79 Å². The molecule has 0 radical (unpaired) electrons. The van der Waals surface area contributed by atoms with E-state index in [1.165, 1.54) is 7.11 Å². The number of ether oxygens (including phenoxy) is 2. The molecular weight excluding hydrogens is 234 g/mol. The Hall–Kier alpha value is -1.26. The standard InChI is InChI=1S/C13H23NO4/c1-12(2,3)18-11(16)14-9-6-7-13(4,8-9)10(15)17-5/h9H,6-8H2,1-5H3,(H,14,16). The molecular formula is C13H23NO4. The average molecular weight is 257 g/mol. The highest BCUT2D eigenvalue weighted by Gasteiger charge is 2.42. The van der Waals surface area contributed by atoms with E-state index in [0.717, 1.165) is 12.8 Å². The van der Waals surface area contributed by atoms with Gasteiger partial charge in [-0.25, -0.2) is 4.79 Å². The normalized spacial score (nSPS) is 27.7. The summed E-state index contributed by atoms with van der Waals surface area (Å²) in [5.74, 6) is -0.212. The van der Waals surface area contributed by atoms with Gasteiger partial charge in [0.25, 0.3) is 0 Å². The van der Waals surface area contributed by atoms with Crippen molar-refractivity contribution in [2.45, 2.75) is 58.6 Å². The number of rotatable bonds is 2. The van der Waals surface area contributed by atoms with E-state index in [9.17, 15) is 9.59 Å². The molecule has 18 heavy (non-hydrogen) atoms. The van der Waals surface area contributed by atoms with Gasteiger partial charge in [0, 0.05) is 6.04 Å². The van der Waals surface area contributed by atoms with Gasteiger partial charge in [0.05, 0.1) is 12.5 Å². The van der Waals surface area contributed by atoms with Crippen molar-refractivity contribution in [1.29, 1.82) is 0 Å². The highest BCUT2D eigenvalue weighted by atomic mass is 16.6. The van der Waals surface area contributed by atoms with Crippen molar-refractivity contribution in [1.82, 2.24) is 5.32 Å². The lowest BCUT2D eigenvalue weighted by molar-refractivity contribution is -0.151. The van der Waals surface area contributed by atoms with Gasteiger partial charge in [0.15, 0.2) is 0 Å². The number of esters is 1. The van der Waals surface area contributed by atoms with Crippen molar-refractivity contribution in [3.8, 4) is 0 Å². The van der Waals surface area contributed by atoms with Crippen LogP contribution in [0.2, 0.25) is 0 Å². The first kappa shape index (κ1) is 14.8. The van der Waals surface area contributed by atoms with Crippen molar-refractivity contribution >= 4 is 12.1 Å². The van der Waals surface area contributed by atoms with Gasteiger partial charge < -0.3 is 14.8 Å². The van der Waals surface area contributed by atoms with E-state index < -0.39 is 17.1 Å². The monoisotopic (exact) mass is 257 g/mol. The zero-order chi connectivity index (χ0) is 14.0. The molecule has 0 aromatic rings. The molecule has 5 nitrogen and oxygen atoms in total. The van der Waals surface area contributed by atoms with E-state index in [1.807, 2.05) is 27.7 Å². The maximum absolute atomic E-state index is 11.6. The third-order valence-corrected chi connectivity index (χ3v) is 3.14. The number of hydrogen-bond acceptors (Lipinski definition) is 4. The Morgan fingerprint density at radius 3 is 2.44 bits per heavy atom. The molecule has 104 valence electrons. The summed E-state index contributed by atoms with van der Waals surface area (Å²) in [5, 5.41) is 2.80. The van der Waals surface area contributed by atoms with Gasteiger partial charge in [-0.1, -0.05) is 0 Å². The van der Waals surface area contributed by atoms with Crippen LogP contribution < -0.4 is 5.32 Å². The van der Waals surface area contributed by atoms with Gasteiger partial charge in [-0.3, -0.25) is 4.79 Å². The topological polar surface area (TPSA) is 64.6 Å². The minimum atomic E-state index is -0.506. The third-order valence-electron chi connectivity index (χ3n) is 3.14. The smallest absolute Gasteiger partial charge is 0.407 e. The van der Waals surface area contributed by atoms with Crippen molar-refractivity contribution < 1.29 is 19.1 Å². The summed E-state index contributed by atoms with van der Waals surface area (Å²) in [6, 6.07) is -0.0241. The lowest BCUT2D eigenvalue weighted by Crippen LogP contribution is -2.39. The summed E-state index contributed by atoms with van der Waals surface area (Å²) in [6.45, 7) is 7.33. The molecule has 2 atom stereocenters. The van der Waals surface area contributed by atoms with Gasteiger partial charge in [-0.05, 0) is 47.0 Å². The second-order valence-electron chi connectivity index (χ2n) is 6.14. The molecule has 1 fully saturated rings. The molecule has 0 spiro atoms. The zero-order valence-electron chi connectivity index (χ0n) is 11.8. The molecule has 1 N–H and O–H groups in total. The number of carbonyl (C=O) groups is 2. The van der Waals surface area contributed by atoms with E-state index in [1.54, 1.807) is 0 Å². The number of carbonyl (C=O) groups excluding carboxylic acids is 2. The lowest BCUT2D eigenvalue weighted by Gasteiger charge is -2.23. The van der Waals surface area contributed by atoms with Crippen molar-refractivity contribution in [3.05, 3.63) is 0 Å². The first-order valence-corrected chi connectivity index (χ1v) is 6.24. The molecule has 0 saturated heterocycles. The maximum atomic E-state index is 11.6. The van der Waals surface area contributed by atoms with Crippen LogP contribution in [-0.2, 0) is 14.3 Å². The van der Waals surface area contributed by atoms with Crippen molar-refractivity contribution in [2.75, 3.05) is 7.11 Å². The SMILES string of the molecule is COC(=O)C1(C)CCC(NC(=O)OC(C)(C)C)C1. The summed E-state index contributed by atoms with van der Waals surface area (Å²) < 4.78 is 9.98. The van der Waals surface area contributed by atoms with Gasteiger partial charge >= 0.3 is 12.1 Å². The average Bonchev–Trinajstić information content (AvgIpc) is 2.57. The Morgan fingerprint density at radius 1 is 1.33 bits per heavy atom. The fourth-order valence-electron chi connectivity index (χ4n) is 2.27. The summed E-state index contributed by atoms with van der Waals surface area (Å²) in [7, 11) is 1.39. The molecule has 0 heterocycles. The predicted octanol–water partition coefficient (Wildman–Crippen LogP) is 2.24. The van der Waals surface area contributed by atoms with Gasteiger partial charge in [-0.2, -0.15) is 0 Å². The summed E-state index contributed by atoms with van der Waals surface area (Å²) in [5.41, 5.74) is -0.997. The Bertz CT molecular complexity index is 334. The molecule has 0 aromatic carbocycles. The second-order valence-corrected chi connectivity index (χ2v) is 6.14. The van der Waals surface area contributed by atoms with Crippen LogP contribution in [0.5, 0.6) is 0 Å². The predicted molar refractivity (Wildman–Crippen MR) is 67.1 cm³/mol. The molecule has 1 saturated carbocycles. The largest absolute Gasteiger partial charge is 0.469 e. The third kappa shape index (κ3) is 3.89. The first-order valence-electron chi connectivity index (χ1n) is 6.24. The Balaban J connectivity index is 2.48. The number of nitrogens with one attached hydrogen (secondary N) is 1. The van der Waals surface area contributed by atoms with Gasteiger partial charge in [0.1, 0.15) is 5.60 Å². The van der Waals surface area contributed by atoms with Crippen molar-refractivity contribution in [3.63, 3.8) is 0 Å². The minimum Gasteiger partial charge on any atom is -0.469 e. The molecule has 1 aliphatic rings. The second kappa shape index (κ2) is 5.16. The van der Waals surface area contributed by atoms with Crippen LogP contribution in [-0.4, -0.2) is 30.8 Å². The molecule has 1 aliphatic carbocycles.